The summed E-state index contributed by atoms with van der Waals surface area (Å²) in [6.45, 7) is 5.98. The monoisotopic (exact) mass is 531 g/mol. The van der Waals surface area contributed by atoms with Crippen molar-refractivity contribution in [3.05, 3.63) is 42.1 Å². The van der Waals surface area contributed by atoms with Crippen LogP contribution in [0.25, 0.3) is 16.9 Å². The average molecular weight is 532 g/mol. The van der Waals surface area contributed by atoms with Crippen LogP contribution in [-0.2, 0) is 4.74 Å². The van der Waals surface area contributed by atoms with Crippen LogP contribution in [0.1, 0.15) is 56.8 Å². The van der Waals surface area contributed by atoms with Gasteiger partial charge in [-0.25, -0.2) is 4.79 Å². The Bertz CT molecular complexity index is 1230. The molecule has 0 bridgehead atoms. The molecule has 0 saturated carbocycles. The molecule has 1 fully saturated rings. The second-order valence-electron chi connectivity index (χ2n) is 10.3. The van der Waals surface area contributed by atoms with Crippen LogP contribution in [0.4, 0.5) is 8.78 Å². The lowest BCUT2D eigenvalue weighted by Crippen LogP contribution is -2.31. The van der Waals surface area contributed by atoms with Crippen molar-refractivity contribution in [2.45, 2.75) is 58.7 Å². The number of hydrogen-bond acceptors (Lipinski definition) is 7. The number of rotatable bonds is 10. The van der Waals surface area contributed by atoms with E-state index in [1.807, 2.05) is 0 Å². The molecule has 2 aromatic heterocycles. The summed E-state index contributed by atoms with van der Waals surface area (Å²) in [5.41, 5.74) is 0.883. The number of aromatic nitrogens is 2. The van der Waals surface area contributed by atoms with Crippen molar-refractivity contribution in [2.24, 2.45) is 0 Å². The quantitative estimate of drug-likeness (QED) is 0.241. The van der Waals surface area contributed by atoms with Crippen molar-refractivity contribution in [1.29, 1.82) is 0 Å². The van der Waals surface area contributed by atoms with E-state index in [2.05, 4.69) is 9.88 Å². The number of pyridine rings is 1. The molecule has 4 rings (SSSR count). The molecule has 0 spiro atoms. The maximum atomic E-state index is 13.3. The van der Waals surface area contributed by atoms with Gasteiger partial charge in [0.25, 0.3) is 0 Å². The second kappa shape index (κ2) is 12.0. The Morgan fingerprint density at radius 1 is 1.08 bits per heavy atom. The number of esters is 1. The Hall–Kier alpha value is -3.40. The van der Waals surface area contributed by atoms with Gasteiger partial charge in [0, 0.05) is 18.2 Å². The van der Waals surface area contributed by atoms with E-state index in [-0.39, 0.29) is 5.88 Å². The number of nitrogens with zero attached hydrogens (tertiary/aromatic N) is 3. The van der Waals surface area contributed by atoms with Gasteiger partial charge in [0.05, 0.1) is 25.5 Å². The highest BCUT2D eigenvalue weighted by atomic mass is 19.3. The standard InChI is InChI=1S/C28H35F2N3O5/c1-28(2,3)38-26(34)20-11-9-19(10-12-20)24-25(37-27(29)30)31-23-17-21(22(35-4)18-33(23)24)36-16-8-15-32-13-6-5-7-14-32/h9-12,17-18,27H,5-8,13-16H2,1-4H3. The van der Waals surface area contributed by atoms with Gasteiger partial charge >= 0.3 is 12.6 Å². The molecule has 0 atom stereocenters. The Morgan fingerprint density at radius 2 is 1.79 bits per heavy atom. The van der Waals surface area contributed by atoms with E-state index in [0.29, 0.717) is 40.6 Å². The summed E-state index contributed by atoms with van der Waals surface area (Å²) in [5, 5.41) is 0. The molecule has 0 unspecified atom stereocenters. The summed E-state index contributed by atoms with van der Waals surface area (Å²) in [5.74, 6) is 0.187. The first-order valence-electron chi connectivity index (χ1n) is 12.9. The molecule has 1 aromatic carbocycles. The van der Waals surface area contributed by atoms with Crippen molar-refractivity contribution in [2.75, 3.05) is 33.4 Å². The molecule has 1 aliphatic heterocycles. The number of alkyl halides is 2. The zero-order valence-electron chi connectivity index (χ0n) is 22.3. The number of likely N-dealkylation sites (tertiary alicyclic amines) is 1. The summed E-state index contributed by atoms with van der Waals surface area (Å²) in [6.07, 6.45) is 6.26. The lowest BCUT2D eigenvalue weighted by Gasteiger charge is -2.26. The van der Waals surface area contributed by atoms with Crippen LogP contribution >= 0.6 is 0 Å². The number of piperidine rings is 1. The summed E-state index contributed by atoms with van der Waals surface area (Å²) in [6, 6.07) is 8.08. The highest BCUT2D eigenvalue weighted by Gasteiger charge is 2.23. The molecule has 0 radical (unpaired) electrons. The van der Waals surface area contributed by atoms with E-state index in [1.165, 1.54) is 26.4 Å². The number of carbonyl (C=O) groups excluding carboxylic acids is 1. The summed E-state index contributed by atoms with van der Waals surface area (Å²) in [4.78, 5) is 19.1. The minimum Gasteiger partial charge on any atom is -0.491 e. The van der Waals surface area contributed by atoms with Gasteiger partial charge in [0.2, 0.25) is 5.88 Å². The van der Waals surface area contributed by atoms with Crippen molar-refractivity contribution in [1.82, 2.24) is 14.3 Å². The van der Waals surface area contributed by atoms with Gasteiger partial charge in [-0.15, -0.1) is 0 Å². The van der Waals surface area contributed by atoms with Crippen molar-refractivity contribution < 1.29 is 32.5 Å². The molecule has 206 valence electrons. The minimum atomic E-state index is -3.06. The first-order valence-corrected chi connectivity index (χ1v) is 12.9. The third kappa shape index (κ3) is 6.92. The van der Waals surface area contributed by atoms with E-state index in [1.54, 1.807) is 61.7 Å². The van der Waals surface area contributed by atoms with Crippen LogP contribution in [0.2, 0.25) is 0 Å². The Morgan fingerprint density at radius 3 is 2.42 bits per heavy atom. The molecule has 3 aromatic rings. The highest BCUT2D eigenvalue weighted by molar-refractivity contribution is 5.90. The molecular formula is C28H35F2N3O5. The van der Waals surface area contributed by atoms with Crippen LogP contribution in [0.15, 0.2) is 36.5 Å². The number of imidazole rings is 1. The van der Waals surface area contributed by atoms with E-state index in [0.717, 1.165) is 26.1 Å². The molecule has 10 heteroatoms. The summed E-state index contributed by atoms with van der Waals surface area (Å²) in [7, 11) is 1.52. The topological polar surface area (TPSA) is 74.5 Å². The van der Waals surface area contributed by atoms with Gasteiger partial charge in [-0.1, -0.05) is 18.6 Å². The predicted octanol–water partition coefficient (Wildman–Crippen LogP) is 5.82. The van der Waals surface area contributed by atoms with Gasteiger partial charge in [0.1, 0.15) is 16.9 Å². The second-order valence-corrected chi connectivity index (χ2v) is 10.3. The lowest BCUT2D eigenvalue weighted by molar-refractivity contribution is -0.0521. The Kier molecular flexibility index (Phi) is 8.71. The van der Waals surface area contributed by atoms with Gasteiger partial charge in [-0.05, 0) is 65.3 Å². The van der Waals surface area contributed by atoms with Gasteiger partial charge in [-0.3, -0.25) is 4.40 Å². The highest BCUT2D eigenvalue weighted by Crippen LogP contribution is 2.37. The average Bonchev–Trinajstić information content (AvgIpc) is 3.21. The number of carbonyl (C=O) groups is 1. The van der Waals surface area contributed by atoms with E-state index in [4.69, 9.17) is 18.9 Å². The summed E-state index contributed by atoms with van der Waals surface area (Å²) < 4.78 is 49.9. The smallest absolute Gasteiger partial charge is 0.388 e. The first kappa shape index (κ1) is 27.6. The molecule has 0 amide bonds. The number of benzene rings is 1. The van der Waals surface area contributed by atoms with Gasteiger partial charge < -0.3 is 23.8 Å². The minimum absolute atomic E-state index is 0.241. The number of fused-ring (bicyclic) bond motifs is 1. The van der Waals surface area contributed by atoms with Crippen molar-refractivity contribution in [3.8, 4) is 28.6 Å². The van der Waals surface area contributed by atoms with Crippen molar-refractivity contribution in [3.63, 3.8) is 0 Å². The summed E-state index contributed by atoms with van der Waals surface area (Å²) >= 11 is 0. The normalized spacial score (nSPS) is 14.6. The van der Waals surface area contributed by atoms with E-state index >= 15 is 0 Å². The van der Waals surface area contributed by atoms with Crippen LogP contribution in [0.3, 0.4) is 0 Å². The maximum Gasteiger partial charge on any atom is 0.388 e. The number of methoxy groups -OCH3 is 1. The van der Waals surface area contributed by atoms with E-state index in [9.17, 15) is 13.6 Å². The molecule has 8 nitrogen and oxygen atoms in total. The zero-order chi connectivity index (χ0) is 27.3. The molecule has 38 heavy (non-hydrogen) atoms. The van der Waals surface area contributed by atoms with Crippen molar-refractivity contribution >= 4 is 11.6 Å². The molecule has 1 saturated heterocycles. The van der Waals surface area contributed by atoms with Gasteiger partial charge in [0.15, 0.2) is 11.5 Å². The van der Waals surface area contributed by atoms with E-state index < -0.39 is 18.2 Å². The predicted molar refractivity (Wildman–Crippen MR) is 139 cm³/mol. The van der Waals surface area contributed by atoms with Crippen LogP contribution in [0, 0.1) is 0 Å². The molecule has 3 heterocycles. The third-order valence-corrected chi connectivity index (χ3v) is 6.19. The van der Waals surface area contributed by atoms with Crippen LogP contribution in [0.5, 0.6) is 17.4 Å². The fourth-order valence-electron chi connectivity index (χ4n) is 4.48. The Labute approximate surface area is 221 Å². The maximum absolute atomic E-state index is 13.3. The molecule has 0 aliphatic carbocycles. The first-order chi connectivity index (χ1) is 18.1. The number of ether oxygens (including phenoxy) is 4. The Balaban J connectivity index is 1.59. The molecule has 0 N–H and O–H groups in total. The van der Waals surface area contributed by atoms with Crippen LogP contribution < -0.4 is 14.2 Å². The van der Waals surface area contributed by atoms with Gasteiger partial charge in [-0.2, -0.15) is 13.8 Å². The molecular weight excluding hydrogens is 496 g/mol. The number of halogens is 2. The lowest BCUT2D eigenvalue weighted by atomic mass is 10.1. The third-order valence-electron chi connectivity index (χ3n) is 6.19. The van der Waals surface area contributed by atoms with Crippen LogP contribution in [-0.4, -0.2) is 65.8 Å². The largest absolute Gasteiger partial charge is 0.491 e. The number of hydrogen-bond donors (Lipinski definition) is 0. The zero-order valence-corrected chi connectivity index (χ0v) is 22.3. The SMILES string of the molecule is COc1cn2c(-c3ccc(C(=O)OC(C)(C)C)cc3)c(OC(F)F)nc2cc1OCCCN1CCCCC1. The fourth-order valence-corrected chi connectivity index (χ4v) is 4.48. The molecule has 1 aliphatic rings. The fraction of sp³-hybridized carbons (Fsp3) is 0.500.